The number of hydrogen-bond donors (Lipinski definition) is 0. The van der Waals surface area contributed by atoms with E-state index < -0.39 is 5.97 Å². The lowest BCUT2D eigenvalue weighted by atomic mass is 9.96. The zero-order valence-corrected chi connectivity index (χ0v) is 30.7. The summed E-state index contributed by atoms with van der Waals surface area (Å²) in [5.74, 6) is -0.557. The average Bonchev–Trinajstić information content (AvgIpc) is 3.62. The third kappa shape index (κ3) is 7.97. The fourth-order valence-electron chi connectivity index (χ4n) is 5.74. The maximum Gasteiger partial charge on any atom is 0.359 e. The van der Waals surface area contributed by atoms with E-state index in [1.807, 2.05) is 41.1 Å². The van der Waals surface area contributed by atoms with Crippen molar-refractivity contribution in [3.63, 3.8) is 0 Å². The smallest absolute Gasteiger partial charge is 0.359 e. The molecule has 6 heterocycles. The summed E-state index contributed by atoms with van der Waals surface area (Å²) in [4.78, 5) is 28.9. The fourth-order valence-corrected chi connectivity index (χ4v) is 7.51. The summed E-state index contributed by atoms with van der Waals surface area (Å²) < 4.78 is 9.37. The number of nitrogens with zero attached hydrogens (tertiary/aromatic N) is 8. The monoisotopic (exact) mass is 874 g/mol. The van der Waals surface area contributed by atoms with Gasteiger partial charge in [0.1, 0.15) is 14.0 Å². The van der Waals surface area contributed by atoms with Gasteiger partial charge >= 0.3 is 5.97 Å². The summed E-state index contributed by atoms with van der Waals surface area (Å²) in [5.41, 5.74) is 7.19. The zero-order chi connectivity index (χ0) is 34.2. The van der Waals surface area contributed by atoms with Crippen LogP contribution in [-0.2, 0) is 24.2 Å². The average molecular weight is 876 g/mol. The van der Waals surface area contributed by atoms with Gasteiger partial charge in [-0.15, -0.1) is 0 Å². The zero-order valence-electron chi connectivity index (χ0n) is 25.5. The molecule has 0 amide bonds. The number of carbonyl (C=O) groups is 1. The molecule has 15 heteroatoms. The standard InChI is InChI=1S/C18H12Cl2N4O2.C16H11Cl2IN4.2CH4/c1-26-18(25)16-15-14(4-5-21-17(15)20)24(23-16)9-10-2-3-13-11(6-10)7-12(19)8-22-13;17-11-6-10-5-9(1-2-12(10)21-7-11)8-23-13-3-4-20-15(18)14(13)16(19)22-23;;/h2-8H,9H2,1H3;3-7H,1-2,8H2;2*1H4. The summed E-state index contributed by atoms with van der Waals surface area (Å²) in [6.07, 6.45) is 10.7. The van der Waals surface area contributed by atoms with Crippen LogP contribution in [0.3, 0.4) is 0 Å². The Morgan fingerprint density at radius 1 is 0.804 bits per heavy atom. The molecule has 0 spiro atoms. The van der Waals surface area contributed by atoms with Crippen molar-refractivity contribution in [2.24, 2.45) is 0 Å². The molecule has 8 rings (SSSR count). The van der Waals surface area contributed by atoms with E-state index in [-0.39, 0.29) is 25.7 Å². The van der Waals surface area contributed by atoms with E-state index in [2.05, 4.69) is 58.8 Å². The molecule has 1 aromatic carbocycles. The number of allylic oxidation sites excluding steroid dienone is 1. The number of ether oxygens (including phenoxy) is 1. The van der Waals surface area contributed by atoms with Gasteiger partial charge in [0, 0.05) is 35.9 Å². The van der Waals surface area contributed by atoms with Crippen LogP contribution in [0.15, 0.2) is 72.8 Å². The second-order valence-electron chi connectivity index (χ2n) is 11.1. The highest BCUT2D eigenvalue weighted by Crippen LogP contribution is 2.30. The van der Waals surface area contributed by atoms with Crippen molar-refractivity contribution in [1.82, 2.24) is 39.5 Å². The summed E-state index contributed by atoms with van der Waals surface area (Å²) >= 11 is 26.7. The summed E-state index contributed by atoms with van der Waals surface area (Å²) in [6, 6.07) is 13.4. The number of benzene rings is 1. The maximum absolute atomic E-state index is 12.1. The molecule has 6 aromatic heterocycles. The number of hydrogen-bond acceptors (Lipinski definition) is 8. The molecule has 1 aliphatic carbocycles. The Hall–Kier alpha value is -3.88. The van der Waals surface area contributed by atoms with E-state index in [9.17, 15) is 4.79 Å². The van der Waals surface area contributed by atoms with E-state index in [1.165, 1.54) is 12.7 Å². The Labute approximate surface area is 327 Å². The minimum atomic E-state index is -0.557. The Morgan fingerprint density at radius 3 is 2.22 bits per heavy atom. The first-order chi connectivity index (χ1) is 23.7. The molecule has 7 aromatic rings. The first kappa shape index (κ1) is 38.4. The first-order valence-electron chi connectivity index (χ1n) is 14.8. The Balaban J connectivity index is 0.000000191. The number of pyridine rings is 4. The molecule has 262 valence electrons. The number of carbonyl (C=O) groups excluding carboxylic acids is 1. The van der Waals surface area contributed by atoms with Gasteiger partial charge in [0.25, 0.3) is 0 Å². The van der Waals surface area contributed by atoms with Crippen LogP contribution < -0.4 is 0 Å². The molecule has 10 nitrogen and oxygen atoms in total. The quantitative estimate of drug-likeness (QED) is 0.0955. The normalized spacial score (nSPS) is 12.0. The van der Waals surface area contributed by atoms with Gasteiger partial charge in [-0.2, -0.15) is 10.2 Å². The van der Waals surface area contributed by atoms with Crippen LogP contribution in [-0.4, -0.2) is 52.6 Å². The number of aromatic nitrogens is 8. The van der Waals surface area contributed by atoms with Gasteiger partial charge in [-0.1, -0.05) is 73.4 Å². The highest BCUT2D eigenvalue weighted by atomic mass is 127. The van der Waals surface area contributed by atoms with Gasteiger partial charge in [-0.25, -0.2) is 14.8 Å². The number of esters is 1. The molecule has 0 saturated heterocycles. The van der Waals surface area contributed by atoms with Crippen molar-refractivity contribution in [2.45, 2.75) is 40.8 Å². The lowest BCUT2D eigenvalue weighted by Gasteiger charge is -2.16. The SMILES string of the molecule is C.C.COC(=O)c1nn(Cc2ccc3ncc(Cl)cc3c2)c2ccnc(Cl)c12.Clc1cnc2c(c1)C=C(Cn1nc(I)c3c(Cl)nccc31)CC2. The second kappa shape index (κ2) is 16.2. The predicted octanol–water partition coefficient (Wildman–Crippen LogP) is 10.2. The van der Waals surface area contributed by atoms with Gasteiger partial charge in [-0.3, -0.25) is 19.3 Å². The molecule has 0 aliphatic heterocycles. The van der Waals surface area contributed by atoms with Crippen LogP contribution in [0.2, 0.25) is 20.4 Å². The largest absolute Gasteiger partial charge is 0.464 e. The third-order valence-electron chi connectivity index (χ3n) is 7.98. The topological polar surface area (TPSA) is 114 Å². The van der Waals surface area contributed by atoms with Crippen LogP contribution in [0.5, 0.6) is 0 Å². The van der Waals surface area contributed by atoms with E-state index in [4.69, 9.17) is 51.1 Å². The van der Waals surface area contributed by atoms with Crippen molar-refractivity contribution >= 4 is 114 Å². The van der Waals surface area contributed by atoms with Crippen LogP contribution in [0.1, 0.15) is 48.6 Å². The van der Waals surface area contributed by atoms with Crippen LogP contribution in [0, 0.1) is 3.70 Å². The molecule has 0 saturated carbocycles. The van der Waals surface area contributed by atoms with E-state index in [0.29, 0.717) is 32.6 Å². The van der Waals surface area contributed by atoms with Crippen molar-refractivity contribution in [3.05, 3.63) is 119 Å². The van der Waals surface area contributed by atoms with Gasteiger partial charge < -0.3 is 4.74 Å². The van der Waals surface area contributed by atoms with Crippen molar-refractivity contribution in [2.75, 3.05) is 7.11 Å². The molecule has 0 bridgehead atoms. The van der Waals surface area contributed by atoms with Crippen molar-refractivity contribution in [3.8, 4) is 0 Å². The van der Waals surface area contributed by atoms with Gasteiger partial charge in [0.15, 0.2) is 5.69 Å². The molecular formula is C36H31Cl4IN8O2. The molecule has 51 heavy (non-hydrogen) atoms. The Morgan fingerprint density at radius 2 is 1.47 bits per heavy atom. The van der Waals surface area contributed by atoms with Crippen LogP contribution in [0.25, 0.3) is 38.8 Å². The molecule has 0 N–H and O–H groups in total. The summed E-state index contributed by atoms with van der Waals surface area (Å²) in [7, 11) is 1.30. The second-order valence-corrected chi connectivity index (χ2v) is 13.7. The van der Waals surface area contributed by atoms with E-state index >= 15 is 0 Å². The molecule has 0 atom stereocenters. The van der Waals surface area contributed by atoms with Crippen LogP contribution >= 0.6 is 69.0 Å². The lowest BCUT2D eigenvalue weighted by Crippen LogP contribution is -2.08. The maximum atomic E-state index is 12.1. The third-order valence-corrected chi connectivity index (χ3v) is 9.72. The van der Waals surface area contributed by atoms with Crippen LogP contribution in [0.4, 0.5) is 0 Å². The predicted molar refractivity (Wildman–Crippen MR) is 214 cm³/mol. The van der Waals surface area contributed by atoms with Crippen molar-refractivity contribution < 1.29 is 9.53 Å². The van der Waals surface area contributed by atoms with Gasteiger partial charge in [0.2, 0.25) is 0 Å². The number of aryl methyl sites for hydroxylation is 1. The first-order valence-corrected chi connectivity index (χ1v) is 17.4. The molecule has 0 radical (unpaired) electrons. The van der Waals surface area contributed by atoms with Crippen molar-refractivity contribution in [1.29, 1.82) is 0 Å². The van der Waals surface area contributed by atoms with E-state index in [1.54, 1.807) is 35.5 Å². The molecule has 0 fully saturated rings. The van der Waals surface area contributed by atoms with E-state index in [0.717, 1.165) is 61.7 Å². The molecule has 0 unspecified atom stereocenters. The minimum Gasteiger partial charge on any atom is -0.464 e. The lowest BCUT2D eigenvalue weighted by molar-refractivity contribution is 0.0595. The molecule has 1 aliphatic rings. The fraction of sp³-hybridized carbons (Fsp3) is 0.194. The number of halogens is 5. The highest BCUT2D eigenvalue weighted by molar-refractivity contribution is 14.1. The summed E-state index contributed by atoms with van der Waals surface area (Å²) in [5, 5.41) is 13.3. The highest BCUT2D eigenvalue weighted by Gasteiger charge is 2.21. The number of methoxy groups -OCH3 is 1. The Kier molecular flexibility index (Phi) is 12.2. The number of rotatable bonds is 5. The minimum absolute atomic E-state index is 0. The van der Waals surface area contributed by atoms with Gasteiger partial charge in [-0.05, 0) is 88.5 Å². The molecular weight excluding hydrogens is 845 g/mol. The van der Waals surface area contributed by atoms with Gasteiger partial charge in [0.05, 0.1) is 57.6 Å². The number of fused-ring (bicyclic) bond motifs is 4. The Bertz CT molecular complexity index is 2450. The summed E-state index contributed by atoms with van der Waals surface area (Å²) in [6.45, 7) is 1.17.